The highest BCUT2D eigenvalue weighted by molar-refractivity contribution is 7.92. The molecule has 0 amide bonds. The van der Waals surface area contributed by atoms with Gasteiger partial charge in [-0.25, -0.2) is 13.2 Å². The Balaban J connectivity index is 1.60. The Bertz CT molecular complexity index is 1370. The number of oxazole rings is 1. The molecular formula is C20H20N4O6S. The van der Waals surface area contributed by atoms with Crippen LogP contribution in [0.25, 0.3) is 11.1 Å². The van der Waals surface area contributed by atoms with E-state index in [-0.39, 0.29) is 17.0 Å². The number of sulfonamides is 1. The van der Waals surface area contributed by atoms with Gasteiger partial charge in [0.05, 0.1) is 23.6 Å². The smallest absolute Gasteiger partial charge is 0.420 e. The number of aromatic nitrogens is 3. The minimum atomic E-state index is -3.89. The normalized spacial score (nSPS) is 11.7. The Labute approximate surface area is 177 Å². The number of benzene rings is 2. The molecule has 0 aliphatic rings. The fourth-order valence-corrected chi connectivity index (χ4v) is 4.08. The van der Waals surface area contributed by atoms with Gasteiger partial charge in [-0.15, -0.1) is 0 Å². The van der Waals surface area contributed by atoms with Crippen LogP contribution in [0.15, 0.2) is 61.1 Å². The van der Waals surface area contributed by atoms with Crippen molar-refractivity contribution in [3.63, 3.8) is 0 Å². The SMILES string of the molecule is CCOc1ccc(NS(=O)(=O)c2ccc3c(c2)oc(=O)n3Cc2noc(CC)n2)cc1. The van der Waals surface area contributed by atoms with E-state index in [9.17, 15) is 13.2 Å². The highest BCUT2D eigenvalue weighted by atomic mass is 32.2. The van der Waals surface area contributed by atoms with E-state index >= 15 is 0 Å². The van der Waals surface area contributed by atoms with Crippen molar-refractivity contribution >= 4 is 26.8 Å². The average molecular weight is 444 g/mol. The van der Waals surface area contributed by atoms with Crippen LogP contribution in [0.1, 0.15) is 25.6 Å². The van der Waals surface area contributed by atoms with Crippen LogP contribution >= 0.6 is 0 Å². The summed E-state index contributed by atoms with van der Waals surface area (Å²) in [6.45, 7) is 4.30. The van der Waals surface area contributed by atoms with E-state index in [2.05, 4.69) is 14.9 Å². The second kappa shape index (κ2) is 8.26. The summed E-state index contributed by atoms with van der Waals surface area (Å²) in [6, 6.07) is 10.8. The van der Waals surface area contributed by atoms with Crippen LogP contribution in [0.3, 0.4) is 0 Å². The van der Waals surface area contributed by atoms with E-state index in [0.29, 0.717) is 41.7 Å². The molecule has 2 aromatic heterocycles. The summed E-state index contributed by atoms with van der Waals surface area (Å²) in [5.74, 6) is 0.787. The molecule has 0 fully saturated rings. The molecule has 0 saturated heterocycles. The van der Waals surface area contributed by atoms with Gasteiger partial charge >= 0.3 is 5.76 Å². The van der Waals surface area contributed by atoms with Gasteiger partial charge in [-0.05, 0) is 43.3 Å². The molecule has 31 heavy (non-hydrogen) atoms. The molecule has 0 radical (unpaired) electrons. The van der Waals surface area contributed by atoms with Crippen molar-refractivity contribution in [2.24, 2.45) is 0 Å². The zero-order valence-corrected chi connectivity index (χ0v) is 17.7. The molecule has 0 atom stereocenters. The maximum absolute atomic E-state index is 12.8. The van der Waals surface area contributed by atoms with Crippen molar-refractivity contribution in [2.75, 3.05) is 11.3 Å². The first-order valence-electron chi connectivity index (χ1n) is 9.60. The highest BCUT2D eigenvalue weighted by Crippen LogP contribution is 2.23. The number of anilines is 1. The highest BCUT2D eigenvalue weighted by Gasteiger charge is 2.19. The molecular weight excluding hydrogens is 424 g/mol. The lowest BCUT2D eigenvalue weighted by Gasteiger charge is -2.09. The van der Waals surface area contributed by atoms with Crippen LogP contribution in [-0.2, 0) is 23.0 Å². The summed E-state index contributed by atoms with van der Waals surface area (Å²) < 4.78 is 45.0. The van der Waals surface area contributed by atoms with Crippen molar-refractivity contribution < 1.29 is 22.1 Å². The summed E-state index contributed by atoms with van der Waals surface area (Å²) in [5, 5.41) is 3.83. The largest absolute Gasteiger partial charge is 0.494 e. The number of ether oxygens (including phenoxy) is 1. The minimum absolute atomic E-state index is 0.0392. The molecule has 10 nitrogen and oxygen atoms in total. The number of hydrogen-bond acceptors (Lipinski definition) is 8. The lowest BCUT2D eigenvalue weighted by Crippen LogP contribution is -2.15. The van der Waals surface area contributed by atoms with Crippen molar-refractivity contribution in [2.45, 2.75) is 31.7 Å². The maximum atomic E-state index is 12.8. The Hall–Kier alpha value is -3.60. The molecule has 2 heterocycles. The van der Waals surface area contributed by atoms with Crippen LogP contribution in [0, 0.1) is 0 Å². The van der Waals surface area contributed by atoms with Crippen molar-refractivity contribution in [3.05, 3.63) is 64.7 Å². The third kappa shape index (κ3) is 4.31. The number of nitrogens with one attached hydrogen (secondary N) is 1. The van der Waals surface area contributed by atoms with Gasteiger partial charge in [0.1, 0.15) is 5.75 Å². The summed E-state index contributed by atoms with van der Waals surface area (Å²) in [7, 11) is -3.89. The number of nitrogens with zero attached hydrogens (tertiary/aromatic N) is 3. The topological polar surface area (TPSA) is 129 Å². The molecule has 0 unspecified atom stereocenters. The molecule has 0 saturated carbocycles. The van der Waals surface area contributed by atoms with Gasteiger partial charge in [0.15, 0.2) is 11.4 Å². The van der Waals surface area contributed by atoms with Gasteiger partial charge < -0.3 is 13.7 Å². The van der Waals surface area contributed by atoms with Crippen LogP contribution in [-0.4, -0.2) is 29.7 Å². The van der Waals surface area contributed by atoms with E-state index in [4.69, 9.17) is 13.7 Å². The Kier molecular flexibility index (Phi) is 5.51. The molecule has 0 spiro atoms. The van der Waals surface area contributed by atoms with E-state index in [0.717, 1.165) is 0 Å². The third-order valence-electron chi connectivity index (χ3n) is 4.48. The minimum Gasteiger partial charge on any atom is -0.494 e. The molecule has 1 N–H and O–H groups in total. The molecule has 162 valence electrons. The fourth-order valence-electron chi connectivity index (χ4n) is 3.00. The van der Waals surface area contributed by atoms with Crippen molar-refractivity contribution in [1.29, 1.82) is 0 Å². The van der Waals surface area contributed by atoms with Gasteiger partial charge in [0.25, 0.3) is 10.0 Å². The Morgan fingerprint density at radius 3 is 2.58 bits per heavy atom. The first-order valence-corrected chi connectivity index (χ1v) is 11.1. The summed E-state index contributed by atoms with van der Waals surface area (Å²) in [5.41, 5.74) is 0.943. The van der Waals surface area contributed by atoms with Crippen molar-refractivity contribution in [3.8, 4) is 5.75 Å². The zero-order chi connectivity index (χ0) is 22.0. The summed E-state index contributed by atoms with van der Waals surface area (Å²) in [6.07, 6.45) is 0.580. The molecule has 4 aromatic rings. The Morgan fingerprint density at radius 1 is 1.13 bits per heavy atom. The maximum Gasteiger partial charge on any atom is 0.420 e. The number of fused-ring (bicyclic) bond motifs is 1. The number of hydrogen-bond donors (Lipinski definition) is 1. The number of rotatable bonds is 8. The second-order valence-electron chi connectivity index (χ2n) is 6.60. The molecule has 2 aromatic carbocycles. The fraction of sp³-hybridized carbons (Fsp3) is 0.250. The Morgan fingerprint density at radius 2 is 1.90 bits per heavy atom. The van der Waals surface area contributed by atoms with Crippen LogP contribution in [0.5, 0.6) is 5.75 Å². The zero-order valence-electron chi connectivity index (χ0n) is 16.9. The number of aryl methyl sites for hydroxylation is 1. The third-order valence-corrected chi connectivity index (χ3v) is 5.86. The van der Waals surface area contributed by atoms with E-state index < -0.39 is 15.8 Å². The lowest BCUT2D eigenvalue weighted by molar-refractivity contribution is 0.340. The first-order chi connectivity index (χ1) is 14.9. The van der Waals surface area contributed by atoms with E-state index in [1.54, 1.807) is 24.3 Å². The van der Waals surface area contributed by atoms with Gasteiger partial charge in [0.2, 0.25) is 5.89 Å². The average Bonchev–Trinajstić information content (AvgIpc) is 3.33. The van der Waals surface area contributed by atoms with Gasteiger partial charge in [-0.2, -0.15) is 4.98 Å². The predicted octanol–water partition coefficient (Wildman–Crippen LogP) is 2.79. The second-order valence-corrected chi connectivity index (χ2v) is 8.29. The van der Waals surface area contributed by atoms with Gasteiger partial charge in [0, 0.05) is 18.2 Å². The molecule has 11 heteroatoms. The molecule has 4 rings (SSSR count). The standard InChI is InChI=1S/C20H20N4O6S/c1-3-19-21-18(22-30-19)12-24-16-10-9-15(11-17(16)29-20(24)25)31(26,27)23-13-5-7-14(8-6-13)28-4-2/h5-11,23H,3-4,12H2,1-2H3. The molecule has 0 aliphatic carbocycles. The predicted molar refractivity (Wildman–Crippen MR) is 112 cm³/mol. The van der Waals surface area contributed by atoms with Crippen LogP contribution in [0.4, 0.5) is 5.69 Å². The van der Waals surface area contributed by atoms with Crippen LogP contribution in [0.2, 0.25) is 0 Å². The molecule has 0 bridgehead atoms. The molecule has 0 aliphatic heterocycles. The lowest BCUT2D eigenvalue weighted by atomic mass is 10.3. The van der Waals surface area contributed by atoms with E-state index in [1.807, 2.05) is 13.8 Å². The van der Waals surface area contributed by atoms with E-state index in [1.165, 1.54) is 22.8 Å². The van der Waals surface area contributed by atoms with Crippen molar-refractivity contribution in [1.82, 2.24) is 14.7 Å². The van der Waals surface area contributed by atoms with Gasteiger partial charge in [-0.3, -0.25) is 9.29 Å². The van der Waals surface area contributed by atoms with Gasteiger partial charge in [-0.1, -0.05) is 12.1 Å². The quantitative estimate of drug-likeness (QED) is 0.439. The summed E-state index contributed by atoms with van der Waals surface area (Å²) in [4.78, 5) is 16.4. The summed E-state index contributed by atoms with van der Waals surface area (Å²) >= 11 is 0. The monoisotopic (exact) mass is 444 g/mol. The van der Waals surface area contributed by atoms with Crippen LogP contribution < -0.4 is 15.2 Å². The first kappa shape index (κ1) is 20.7.